The summed E-state index contributed by atoms with van der Waals surface area (Å²) in [5, 5.41) is 0. The van der Waals surface area contributed by atoms with E-state index in [2.05, 4.69) is 6.92 Å². The molecule has 0 radical (unpaired) electrons. The fourth-order valence-corrected chi connectivity index (χ4v) is 2.10. The lowest BCUT2D eigenvalue weighted by Gasteiger charge is -2.30. The van der Waals surface area contributed by atoms with E-state index in [1.54, 1.807) is 0 Å². The average molecular weight is 212 g/mol. The molecule has 15 heavy (non-hydrogen) atoms. The molecule has 88 valence electrons. The van der Waals surface area contributed by atoms with Gasteiger partial charge in [-0.3, -0.25) is 4.79 Å². The normalized spacial score (nSPS) is 24.3. The highest BCUT2D eigenvalue weighted by molar-refractivity contribution is 5.79. The number of carbonyl (C=O) groups is 1. The molecule has 0 aromatic carbocycles. The third-order valence-electron chi connectivity index (χ3n) is 3.33. The van der Waals surface area contributed by atoms with E-state index in [0.717, 1.165) is 45.2 Å². The number of hydrogen-bond acceptors (Lipinski definition) is 2. The van der Waals surface area contributed by atoms with Gasteiger partial charge < -0.3 is 10.6 Å². The molecule has 0 aliphatic carbocycles. The van der Waals surface area contributed by atoms with Crippen LogP contribution in [-0.4, -0.2) is 29.9 Å². The average Bonchev–Trinajstić information content (AvgIpc) is 2.24. The van der Waals surface area contributed by atoms with Gasteiger partial charge in [-0.1, -0.05) is 13.8 Å². The highest BCUT2D eigenvalue weighted by Crippen LogP contribution is 2.17. The number of piperidine rings is 1. The second-order valence-electron chi connectivity index (χ2n) is 4.68. The van der Waals surface area contributed by atoms with Crippen LogP contribution in [0.4, 0.5) is 0 Å². The summed E-state index contributed by atoms with van der Waals surface area (Å²) >= 11 is 0. The SMILES string of the molecule is CCC(N)CCCN1CCCC(C)C1=O. The number of nitrogens with zero attached hydrogens (tertiary/aromatic N) is 1. The fourth-order valence-electron chi connectivity index (χ4n) is 2.10. The number of likely N-dealkylation sites (tertiary alicyclic amines) is 1. The van der Waals surface area contributed by atoms with Crippen LogP contribution in [0, 0.1) is 5.92 Å². The molecular weight excluding hydrogens is 188 g/mol. The number of carbonyl (C=O) groups excluding carboxylic acids is 1. The first-order chi connectivity index (χ1) is 7.15. The maximum absolute atomic E-state index is 11.8. The summed E-state index contributed by atoms with van der Waals surface area (Å²) in [5.74, 6) is 0.574. The molecule has 2 unspecified atom stereocenters. The van der Waals surface area contributed by atoms with Gasteiger partial charge in [-0.05, 0) is 32.1 Å². The van der Waals surface area contributed by atoms with Crippen LogP contribution in [-0.2, 0) is 4.79 Å². The van der Waals surface area contributed by atoms with Crippen LogP contribution in [0.15, 0.2) is 0 Å². The molecule has 0 aromatic heterocycles. The van der Waals surface area contributed by atoms with Gasteiger partial charge in [0.1, 0.15) is 0 Å². The van der Waals surface area contributed by atoms with Crippen molar-refractivity contribution in [3.63, 3.8) is 0 Å². The first kappa shape index (κ1) is 12.5. The van der Waals surface area contributed by atoms with E-state index in [9.17, 15) is 4.79 Å². The molecular formula is C12H24N2O. The predicted molar refractivity (Wildman–Crippen MR) is 62.5 cm³/mol. The molecule has 2 N–H and O–H groups in total. The van der Waals surface area contributed by atoms with E-state index in [-0.39, 0.29) is 5.92 Å². The van der Waals surface area contributed by atoms with Crippen molar-refractivity contribution in [1.29, 1.82) is 0 Å². The zero-order chi connectivity index (χ0) is 11.3. The minimum absolute atomic E-state index is 0.235. The number of hydrogen-bond donors (Lipinski definition) is 1. The molecule has 2 atom stereocenters. The Morgan fingerprint density at radius 3 is 3.00 bits per heavy atom. The van der Waals surface area contributed by atoms with Crippen LogP contribution >= 0.6 is 0 Å². The van der Waals surface area contributed by atoms with Crippen molar-refractivity contribution in [2.45, 2.75) is 52.0 Å². The predicted octanol–water partition coefficient (Wildman–Crippen LogP) is 1.76. The molecule has 0 aromatic rings. The van der Waals surface area contributed by atoms with Gasteiger partial charge in [0.25, 0.3) is 0 Å². The summed E-state index contributed by atoms with van der Waals surface area (Å²) in [6, 6.07) is 0.308. The van der Waals surface area contributed by atoms with Gasteiger partial charge in [-0.15, -0.1) is 0 Å². The fraction of sp³-hybridized carbons (Fsp3) is 0.917. The Hall–Kier alpha value is -0.570. The Morgan fingerprint density at radius 2 is 2.33 bits per heavy atom. The Kier molecular flexibility index (Phi) is 5.09. The van der Waals surface area contributed by atoms with E-state index >= 15 is 0 Å². The van der Waals surface area contributed by atoms with Crippen LogP contribution in [0.3, 0.4) is 0 Å². The topological polar surface area (TPSA) is 46.3 Å². The lowest BCUT2D eigenvalue weighted by Crippen LogP contribution is -2.41. The van der Waals surface area contributed by atoms with Crippen LogP contribution in [0.25, 0.3) is 0 Å². The van der Waals surface area contributed by atoms with E-state index < -0.39 is 0 Å². The number of rotatable bonds is 5. The first-order valence-corrected chi connectivity index (χ1v) is 6.19. The highest BCUT2D eigenvalue weighted by atomic mass is 16.2. The maximum Gasteiger partial charge on any atom is 0.225 e. The van der Waals surface area contributed by atoms with Crippen LogP contribution in [0.1, 0.15) is 46.0 Å². The Balaban J connectivity index is 2.23. The van der Waals surface area contributed by atoms with Crippen molar-refractivity contribution in [3.05, 3.63) is 0 Å². The maximum atomic E-state index is 11.8. The standard InChI is InChI=1S/C12H24N2O/c1-3-11(13)7-5-9-14-8-4-6-10(2)12(14)15/h10-11H,3-9,13H2,1-2H3. The van der Waals surface area contributed by atoms with E-state index in [1.807, 2.05) is 11.8 Å². The monoisotopic (exact) mass is 212 g/mol. The molecule has 1 aliphatic rings. The summed E-state index contributed by atoms with van der Waals surface area (Å²) in [6.45, 7) is 5.99. The molecule has 0 spiro atoms. The molecule has 1 saturated heterocycles. The second-order valence-corrected chi connectivity index (χ2v) is 4.68. The molecule has 1 aliphatic heterocycles. The summed E-state index contributed by atoms with van der Waals surface area (Å²) in [7, 11) is 0. The first-order valence-electron chi connectivity index (χ1n) is 6.19. The smallest absolute Gasteiger partial charge is 0.225 e. The summed E-state index contributed by atoms with van der Waals surface area (Å²) in [5.41, 5.74) is 5.85. The molecule has 0 saturated carbocycles. The molecule has 3 nitrogen and oxygen atoms in total. The lowest BCUT2D eigenvalue weighted by molar-refractivity contribution is -0.137. The minimum atomic E-state index is 0.235. The largest absolute Gasteiger partial charge is 0.342 e. The van der Waals surface area contributed by atoms with Crippen LogP contribution < -0.4 is 5.73 Å². The van der Waals surface area contributed by atoms with Gasteiger partial charge in [0.15, 0.2) is 0 Å². The van der Waals surface area contributed by atoms with Gasteiger partial charge in [-0.2, -0.15) is 0 Å². The third kappa shape index (κ3) is 3.82. The number of amides is 1. The molecule has 1 fully saturated rings. The molecule has 1 heterocycles. The zero-order valence-corrected chi connectivity index (χ0v) is 10.0. The van der Waals surface area contributed by atoms with Crippen molar-refractivity contribution in [1.82, 2.24) is 4.90 Å². The van der Waals surface area contributed by atoms with Crippen LogP contribution in [0.2, 0.25) is 0 Å². The Labute approximate surface area is 93.0 Å². The molecule has 3 heteroatoms. The zero-order valence-electron chi connectivity index (χ0n) is 10.0. The van der Waals surface area contributed by atoms with Crippen LogP contribution in [0.5, 0.6) is 0 Å². The van der Waals surface area contributed by atoms with Crippen molar-refractivity contribution in [2.24, 2.45) is 11.7 Å². The quantitative estimate of drug-likeness (QED) is 0.755. The summed E-state index contributed by atoms with van der Waals surface area (Å²) in [6.07, 6.45) is 5.34. The van der Waals surface area contributed by atoms with Crippen molar-refractivity contribution in [3.8, 4) is 0 Å². The van der Waals surface area contributed by atoms with E-state index in [1.165, 1.54) is 0 Å². The molecule has 1 amide bonds. The summed E-state index contributed by atoms with van der Waals surface area (Å²) < 4.78 is 0. The number of nitrogens with two attached hydrogens (primary N) is 1. The van der Waals surface area contributed by atoms with E-state index in [4.69, 9.17) is 5.73 Å². The Bertz CT molecular complexity index is 206. The van der Waals surface area contributed by atoms with E-state index in [0.29, 0.717) is 11.9 Å². The second kappa shape index (κ2) is 6.11. The summed E-state index contributed by atoms with van der Waals surface area (Å²) in [4.78, 5) is 13.8. The lowest BCUT2D eigenvalue weighted by atomic mass is 9.99. The van der Waals surface area contributed by atoms with Gasteiger partial charge in [-0.25, -0.2) is 0 Å². The van der Waals surface area contributed by atoms with Crippen molar-refractivity contribution in [2.75, 3.05) is 13.1 Å². The minimum Gasteiger partial charge on any atom is -0.342 e. The van der Waals surface area contributed by atoms with Gasteiger partial charge >= 0.3 is 0 Å². The highest BCUT2D eigenvalue weighted by Gasteiger charge is 2.24. The van der Waals surface area contributed by atoms with Crippen molar-refractivity contribution >= 4 is 5.91 Å². The van der Waals surface area contributed by atoms with Gasteiger partial charge in [0.2, 0.25) is 5.91 Å². The van der Waals surface area contributed by atoms with Crippen molar-refractivity contribution < 1.29 is 4.79 Å². The third-order valence-corrected chi connectivity index (χ3v) is 3.33. The van der Waals surface area contributed by atoms with Gasteiger partial charge in [0, 0.05) is 25.0 Å². The van der Waals surface area contributed by atoms with Gasteiger partial charge in [0.05, 0.1) is 0 Å². The molecule has 0 bridgehead atoms. The molecule has 1 rings (SSSR count). The Morgan fingerprint density at radius 1 is 1.60 bits per heavy atom.